The van der Waals surface area contributed by atoms with Crippen LogP contribution in [0, 0.1) is 5.92 Å². The number of carbonyl (C=O) groups is 1. The van der Waals surface area contributed by atoms with E-state index >= 15 is 0 Å². The zero-order valence-corrected chi connectivity index (χ0v) is 15.3. The monoisotopic (exact) mass is 353 g/mol. The number of piperidine rings is 1. The third-order valence-corrected chi connectivity index (χ3v) is 5.14. The Morgan fingerprint density at radius 2 is 1.92 bits per heavy atom. The lowest BCUT2D eigenvalue weighted by atomic mass is 9.94. The van der Waals surface area contributed by atoms with Gasteiger partial charge in [0.2, 0.25) is 0 Å². The summed E-state index contributed by atoms with van der Waals surface area (Å²) in [6.45, 7) is 4.33. The number of rotatable bonds is 7. The summed E-state index contributed by atoms with van der Waals surface area (Å²) in [6, 6.07) is 18.6. The van der Waals surface area contributed by atoms with E-state index in [9.17, 15) is 9.90 Å². The summed E-state index contributed by atoms with van der Waals surface area (Å²) in [5.74, 6) is -0.0602. The maximum Gasteiger partial charge on any atom is 0.307 e. The fraction of sp³-hybridized carbons (Fsp3) is 0.409. The summed E-state index contributed by atoms with van der Waals surface area (Å²) in [4.78, 5) is 13.7. The van der Waals surface area contributed by atoms with E-state index in [-0.39, 0.29) is 12.0 Å². The molecule has 1 heterocycles. The van der Waals surface area contributed by atoms with Crippen molar-refractivity contribution in [2.24, 2.45) is 5.92 Å². The van der Waals surface area contributed by atoms with Gasteiger partial charge < -0.3 is 9.84 Å². The normalized spacial score (nSPS) is 19.0. The van der Waals surface area contributed by atoms with Crippen LogP contribution in [-0.4, -0.2) is 29.1 Å². The molecule has 2 aromatic carbocycles. The molecule has 26 heavy (non-hydrogen) atoms. The van der Waals surface area contributed by atoms with Crippen molar-refractivity contribution in [1.82, 2.24) is 4.90 Å². The smallest absolute Gasteiger partial charge is 0.307 e. The van der Waals surface area contributed by atoms with Crippen molar-refractivity contribution in [1.29, 1.82) is 0 Å². The van der Waals surface area contributed by atoms with Crippen molar-refractivity contribution in [2.75, 3.05) is 13.1 Å². The third-order valence-electron chi connectivity index (χ3n) is 5.14. The highest BCUT2D eigenvalue weighted by molar-refractivity contribution is 5.70. The summed E-state index contributed by atoms with van der Waals surface area (Å²) in [7, 11) is 0. The Bertz CT molecular complexity index is 699. The Morgan fingerprint density at radius 3 is 2.58 bits per heavy atom. The van der Waals surface area contributed by atoms with E-state index in [1.54, 1.807) is 0 Å². The first-order valence-corrected chi connectivity index (χ1v) is 9.41. The van der Waals surface area contributed by atoms with Gasteiger partial charge in [-0.25, -0.2) is 0 Å². The highest BCUT2D eigenvalue weighted by Gasteiger charge is 2.29. The Labute approximate surface area is 155 Å². The summed E-state index contributed by atoms with van der Waals surface area (Å²) in [6.07, 6.45) is 2.71. The van der Waals surface area contributed by atoms with Crippen molar-refractivity contribution in [3.63, 3.8) is 0 Å². The molecular formula is C22H27NO3. The van der Waals surface area contributed by atoms with Crippen LogP contribution in [0.25, 0.3) is 0 Å². The van der Waals surface area contributed by atoms with Crippen LogP contribution < -0.4 is 4.74 Å². The van der Waals surface area contributed by atoms with E-state index in [0.717, 1.165) is 37.1 Å². The number of benzene rings is 2. The van der Waals surface area contributed by atoms with Crippen LogP contribution in [0.2, 0.25) is 0 Å². The maximum atomic E-state index is 11.3. The molecule has 4 nitrogen and oxygen atoms in total. The molecule has 0 bridgehead atoms. The summed E-state index contributed by atoms with van der Waals surface area (Å²) >= 11 is 0. The van der Waals surface area contributed by atoms with E-state index in [2.05, 4.69) is 36.1 Å². The molecule has 0 aromatic heterocycles. The molecule has 0 aliphatic carbocycles. The second-order valence-electron chi connectivity index (χ2n) is 6.94. The largest absolute Gasteiger partial charge is 0.489 e. The lowest BCUT2D eigenvalue weighted by molar-refractivity contribution is -0.144. The van der Waals surface area contributed by atoms with Gasteiger partial charge in [0, 0.05) is 12.6 Å². The van der Waals surface area contributed by atoms with Gasteiger partial charge in [0.15, 0.2) is 0 Å². The van der Waals surface area contributed by atoms with Crippen molar-refractivity contribution in [3.8, 4) is 5.75 Å². The van der Waals surface area contributed by atoms with Gasteiger partial charge in [0.25, 0.3) is 0 Å². The van der Waals surface area contributed by atoms with E-state index in [1.807, 2.05) is 30.3 Å². The topological polar surface area (TPSA) is 49.8 Å². The second kappa shape index (κ2) is 8.86. The zero-order chi connectivity index (χ0) is 18.4. The maximum absolute atomic E-state index is 11.3. The number of likely N-dealkylation sites (tertiary alicyclic amines) is 1. The van der Waals surface area contributed by atoms with Gasteiger partial charge in [-0.3, -0.25) is 9.69 Å². The average Bonchev–Trinajstić information content (AvgIpc) is 2.69. The zero-order valence-electron chi connectivity index (χ0n) is 15.3. The Morgan fingerprint density at radius 1 is 1.19 bits per heavy atom. The minimum absolute atomic E-state index is 0.244. The Hall–Kier alpha value is -2.33. The minimum atomic E-state index is -0.672. The van der Waals surface area contributed by atoms with Crippen LogP contribution in [0.4, 0.5) is 0 Å². The molecule has 138 valence electrons. The van der Waals surface area contributed by atoms with Crippen molar-refractivity contribution < 1.29 is 14.6 Å². The number of carboxylic acids is 1. The highest BCUT2D eigenvalue weighted by atomic mass is 16.5. The molecule has 2 atom stereocenters. The third kappa shape index (κ3) is 4.64. The number of hydrogen-bond acceptors (Lipinski definition) is 3. The first-order valence-electron chi connectivity index (χ1n) is 9.41. The standard InChI is InChI=1S/C22H27NO3/c1-2-21(23-14-6-9-19(15-23)22(24)25)18-10-12-20(13-11-18)26-16-17-7-4-3-5-8-17/h3-5,7-8,10-13,19,21H,2,6,9,14-16H2,1H3,(H,24,25). The van der Waals surface area contributed by atoms with E-state index in [4.69, 9.17) is 4.74 Å². The Balaban J connectivity index is 1.63. The van der Waals surface area contributed by atoms with Gasteiger partial charge in [0.05, 0.1) is 5.92 Å². The van der Waals surface area contributed by atoms with Gasteiger partial charge in [-0.1, -0.05) is 49.4 Å². The van der Waals surface area contributed by atoms with Gasteiger partial charge in [-0.05, 0) is 49.1 Å². The fourth-order valence-electron chi connectivity index (χ4n) is 3.72. The number of hydrogen-bond donors (Lipinski definition) is 1. The number of nitrogens with zero attached hydrogens (tertiary/aromatic N) is 1. The van der Waals surface area contributed by atoms with Gasteiger partial charge in [-0.2, -0.15) is 0 Å². The lowest BCUT2D eigenvalue weighted by Gasteiger charge is -2.37. The van der Waals surface area contributed by atoms with Crippen LogP contribution in [0.15, 0.2) is 54.6 Å². The predicted octanol–water partition coefficient (Wildman–Crippen LogP) is 4.51. The second-order valence-corrected chi connectivity index (χ2v) is 6.94. The SMILES string of the molecule is CCC(c1ccc(OCc2ccccc2)cc1)N1CCCC(C(=O)O)C1. The molecule has 0 saturated carbocycles. The minimum Gasteiger partial charge on any atom is -0.489 e. The fourth-order valence-corrected chi connectivity index (χ4v) is 3.72. The summed E-state index contributed by atoms with van der Waals surface area (Å²) in [5, 5.41) is 9.33. The highest BCUT2D eigenvalue weighted by Crippen LogP contribution is 2.30. The van der Waals surface area contributed by atoms with Crippen LogP contribution in [0.5, 0.6) is 5.75 Å². The Kier molecular flexibility index (Phi) is 6.29. The molecule has 0 radical (unpaired) electrons. The molecule has 1 fully saturated rings. The molecule has 2 unspecified atom stereocenters. The number of carboxylic acid groups (broad SMARTS) is 1. The van der Waals surface area contributed by atoms with Crippen molar-refractivity contribution >= 4 is 5.97 Å². The number of aliphatic carboxylic acids is 1. The van der Waals surface area contributed by atoms with Crippen LogP contribution in [-0.2, 0) is 11.4 Å². The van der Waals surface area contributed by atoms with Crippen molar-refractivity contribution in [3.05, 3.63) is 65.7 Å². The predicted molar refractivity (Wildman–Crippen MR) is 102 cm³/mol. The van der Waals surface area contributed by atoms with E-state index < -0.39 is 5.97 Å². The van der Waals surface area contributed by atoms with E-state index in [1.165, 1.54) is 5.56 Å². The van der Waals surface area contributed by atoms with Crippen LogP contribution >= 0.6 is 0 Å². The molecule has 1 N–H and O–H groups in total. The van der Waals surface area contributed by atoms with Gasteiger partial charge in [0.1, 0.15) is 12.4 Å². The molecule has 0 amide bonds. The molecule has 4 heteroatoms. The first kappa shape index (κ1) is 18.5. The van der Waals surface area contributed by atoms with E-state index in [0.29, 0.717) is 13.2 Å². The van der Waals surface area contributed by atoms with Crippen LogP contribution in [0.3, 0.4) is 0 Å². The quantitative estimate of drug-likeness (QED) is 0.795. The summed E-state index contributed by atoms with van der Waals surface area (Å²) in [5.41, 5.74) is 2.38. The van der Waals surface area contributed by atoms with Gasteiger partial charge in [-0.15, -0.1) is 0 Å². The number of ether oxygens (including phenoxy) is 1. The van der Waals surface area contributed by atoms with Gasteiger partial charge >= 0.3 is 5.97 Å². The molecule has 3 rings (SSSR count). The molecular weight excluding hydrogens is 326 g/mol. The molecule has 2 aromatic rings. The summed E-state index contributed by atoms with van der Waals surface area (Å²) < 4.78 is 5.86. The first-order chi connectivity index (χ1) is 12.7. The lowest BCUT2D eigenvalue weighted by Crippen LogP contribution is -2.40. The average molecular weight is 353 g/mol. The molecule has 1 saturated heterocycles. The molecule has 1 aliphatic heterocycles. The van der Waals surface area contributed by atoms with Crippen LogP contribution in [0.1, 0.15) is 43.4 Å². The molecule has 0 spiro atoms. The van der Waals surface area contributed by atoms with Crippen molar-refractivity contribution in [2.45, 2.75) is 38.8 Å². The molecule has 1 aliphatic rings.